The van der Waals surface area contributed by atoms with Gasteiger partial charge in [-0.1, -0.05) is 26.0 Å². The predicted molar refractivity (Wildman–Crippen MR) is 76.2 cm³/mol. The molecule has 2 rings (SSSR count). The van der Waals surface area contributed by atoms with E-state index in [1.165, 1.54) is 18.4 Å². The summed E-state index contributed by atoms with van der Waals surface area (Å²) >= 11 is 0. The van der Waals surface area contributed by atoms with Gasteiger partial charge in [-0.25, -0.2) is 0 Å². The molecule has 1 aliphatic rings. The first kappa shape index (κ1) is 13.4. The van der Waals surface area contributed by atoms with Crippen molar-refractivity contribution in [2.45, 2.75) is 32.1 Å². The van der Waals surface area contributed by atoms with E-state index in [2.05, 4.69) is 43.4 Å². The number of hydrogen-bond donors (Lipinski definition) is 1. The number of ether oxygens (including phenoxy) is 1. The molecule has 18 heavy (non-hydrogen) atoms. The lowest BCUT2D eigenvalue weighted by atomic mass is 9.56. The maximum Gasteiger partial charge on any atom is 0.118 e. The first-order chi connectivity index (χ1) is 8.61. The summed E-state index contributed by atoms with van der Waals surface area (Å²) in [7, 11) is 3.77. The summed E-state index contributed by atoms with van der Waals surface area (Å²) in [6, 6.07) is 8.62. The quantitative estimate of drug-likeness (QED) is 0.862. The van der Waals surface area contributed by atoms with Crippen molar-refractivity contribution >= 4 is 0 Å². The average Bonchev–Trinajstić information content (AvgIpc) is 2.33. The second-order valence-electron chi connectivity index (χ2n) is 5.95. The molecule has 0 aliphatic heterocycles. The normalized spacial score (nSPS) is 27.1. The molecule has 0 unspecified atom stereocenters. The van der Waals surface area contributed by atoms with Gasteiger partial charge in [0.2, 0.25) is 0 Å². The van der Waals surface area contributed by atoms with E-state index >= 15 is 0 Å². The Kier molecular flexibility index (Phi) is 3.96. The molecule has 2 nitrogen and oxygen atoms in total. The molecule has 0 aromatic heterocycles. The third-order valence-electron chi connectivity index (χ3n) is 4.47. The van der Waals surface area contributed by atoms with E-state index in [1.807, 2.05) is 7.05 Å². The van der Waals surface area contributed by atoms with Gasteiger partial charge in [0.25, 0.3) is 0 Å². The molecular weight excluding hydrogens is 222 g/mol. The zero-order chi connectivity index (χ0) is 13.2. The van der Waals surface area contributed by atoms with E-state index in [1.54, 1.807) is 7.11 Å². The molecule has 1 aliphatic carbocycles. The number of hydrogen-bond acceptors (Lipinski definition) is 2. The van der Waals surface area contributed by atoms with Crippen LogP contribution in [0.5, 0.6) is 5.75 Å². The van der Waals surface area contributed by atoms with E-state index in [4.69, 9.17) is 4.74 Å². The Morgan fingerprint density at radius 2 is 1.89 bits per heavy atom. The minimum absolute atomic E-state index is 0.343. The van der Waals surface area contributed by atoms with E-state index in [0.717, 1.165) is 24.1 Å². The van der Waals surface area contributed by atoms with Crippen LogP contribution in [0.1, 0.15) is 32.3 Å². The molecule has 0 amide bonds. The van der Waals surface area contributed by atoms with Crippen LogP contribution in [0.3, 0.4) is 0 Å². The van der Waals surface area contributed by atoms with Crippen LogP contribution >= 0.6 is 0 Å². The molecule has 0 saturated heterocycles. The fourth-order valence-corrected chi connectivity index (χ4v) is 3.18. The van der Waals surface area contributed by atoms with Crippen LogP contribution in [0.25, 0.3) is 0 Å². The summed E-state index contributed by atoms with van der Waals surface area (Å²) in [5.41, 5.74) is 1.80. The van der Waals surface area contributed by atoms with E-state index in [0.29, 0.717) is 5.41 Å². The van der Waals surface area contributed by atoms with Crippen LogP contribution in [-0.4, -0.2) is 20.7 Å². The Morgan fingerprint density at radius 1 is 1.28 bits per heavy atom. The van der Waals surface area contributed by atoms with Crippen molar-refractivity contribution in [3.63, 3.8) is 0 Å². The van der Waals surface area contributed by atoms with Crippen LogP contribution in [0.15, 0.2) is 24.3 Å². The Hall–Kier alpha value is -1.02. The van der Waals surface area contributed by atoms with Gasteiger partial charge in [0.1, 0.15) is 5.75 Å². The van der Waals surface area contributed by atoms with Crippen molar-refractivity contribution in [1.82, 2.24) is 5.32 Å². The zero-order valence-electron chi connectivity index (χ0n) is 12.0. The molecule has 0 heterocycles. The largest absolute Gasteiger partial charge is 0.497 e. The highest BCUT2D eigenvalue weighted by molar-refractivity contribution is 5.35. The Morgan fingerprint density at radius 3 is 2.33 bits per heavy atom. The van der Waals surface area contributed by atoms with Gasteiger partial charge in [-0.3, -0.25) is 0 Å². The zero-order valence-corrected chi connectivity index (χ0v) is 12.0. The first-order valence-corrected chi connectivity index (χ1v) is 6.90. The van der Waals surface area contributed by atoms with Crippen molar-refractivity contribution in [2.75, 3.05) is 20.7 Å². The summed E-state index contributed by atoms with van der Waals surface area (Å²) in [6.45, 7) is 5.74. The van der Waals surface area contributed by atoms with Gasteiger partial charge < -0.3 is 10.1 Å². The lowest BCUT2D eigenvalue weighted by Crippen LogP contribution is -2.49. The Bertz CT molecular complexity index is 377. The molecule has 0 atom stereocenters. The lowest BCUT2D eigenvalue weighted by Gasteiger charge is -2.50. The fourth-order valence-electron chi connectivity index (χ4n) is 3.18. The van der Waals surface area contributed by atoms with Gasteiger partial charge in [0.15, 0.2) is 0 Å². The maximum absolute atomic E-state index is 5.24. The molecule has 1 aromatic rings. The SMILES string of the molecule is CNCC1(c2ccc(OC)cc2)CC(C(C)C)C1. The lowest BCUT2D eigenvalue weighted by molar-refractivity contribution is 0.0995. The number of nitrogens with one attached hydrogen (secondary N) is 1. The highest BCUT2D eigenvalue weighted by Gasteiger charge is 2.45. The molecule has 0 spiro atoms. The average molecular weight is 247 g/mol. The van der Waals surface area contributed by atoms with Crippen molar-refractivity contribution in [2.24, 2.45) is 11.8 Å². The molecule has 0 bridgehead atoms. The second kappa shape index (κ2) is 5.31. The molecule has 0 radical (unpaired) electrons. The number of benzene rings is 1. The Labute approximate surface area is 111 Å². The van der Waals surface area contributed by atoms with Gasteiger partial charge in [0.05, 0.1) is 7.11 Å². The molecule has 1 N–H and O–H groups in total. The summed E-state index contributed by atoms with van der Waals surface area (Å²) in [5, 5.41) is 3.37. The summed E-state index contributed by atoms with van der Waals surface area (Å²) < 4.78 is 5.24. The number of methoxy groups -OCH3 is 1. The summed E-state index contributed by atoms with van der Waals surface area (Å²) in [6.07, 6.45) is 2.61. The summed E-state index contributed by atoms with van der Waals surface area (Å²) in [4.78, 5) is 0. The van der Waals surface area contributed by atoms with Crippen LogP contribution in [0.2, 0.25) is 0 Å². The van der Waals surface area contributed by atoms with Crippen LogP contribution in [0, 0.1) is 11.8 Å². The van der Waals surface area contributed by atoms with Gasteiger partial charge in [-0.15, -0.1) is 0 Å². The van der Waals surface area contributed by atoms with E-state index in [9.17, 15) is 0 Å². The molecule has 100 valence electrons. The highest BCUT2D eigenvalue weighted by atomic mass is 16.5. The minimum Gasteiger partial charge on any atom is -0.497 e. The third-order valence-corrected chi connectivity index (χ3v) is 4.47. The Balaban J connectivity index is 2.15. The minimum atomic E-state index is 0.343. The first-order valence-electron chi connectivity index (χ1n) is 6.90. The van der Waals surface area contributed by atoms with Crippen LogP contribution in [-0.2, 0) is 5.41 Å². The van der Waals surface area contributed by atoms with E-state index < -0.39 is 0 Å². The second-order valence-corrected chi connectivity index (χ2v) is 5.95. The number of likely N-dealkylation sites (N-methyl/N-ethyl adjacent to an activating group) is 1. The van der Waals surface area contributed by atoms with Crippen molar-refractivity contribution in [3.8, 4) is 5.75 Å². The fraction of sp³-hybridized carbons (Fsp3) is 0.625. The summed E-state index contributed by atoms with van der Waals surface area (Å²) in [5.74, 6) is 2.62. The van der Waals surface area contributed by atoms with Crippen molar-refractivity contribution in [1.29, 1.82) is 0 Å². The molecule has 1 aromatic carbocycles. The van der Waals surface area contributed by atoms with E-state index in [-0.39, 0.29) is 0 Å². The predicted octanol–water partition coefficient (Wildman–Crippen LogP) is 3.22. The third kappa shape index (κ3) is 2.39. The van der Waals surface area contributed by atoms with Gasteiger partial charge >= 0.3 is 0 Å². The molecular formula is C16H25NO. The highest BCUT2D eigenvalue weighted by Crippen LogP contribution is 2.50. The molecule has 2 heteroatoms. The van der Waals surface area contributed by atoms with Crippen LogP contribution < -0.4 is 10.1 Å². The van der Waals surface area contributed by atoms with Gasteiger partial charge in [0, 0.05) is 12.0 Å². The van der Waals surface area contributed by atoms with Crippen molar-refractivity contribution in [3.05, 3.63) is 29.8 Å². The maximum atomic E-state index is 5.24. The topological polar surface area (TPSA) is 21.3 Å². The molecule has 1 fully saturated rings. The standard InChI is InChI=1S/C16H25NO/c1-12(2)13-9-16(10-13,11-17-3)14-5-7-15(18-4)8-6-14/h5-8,12-13,17H,9-11H2,1-4H3. The van der Waals surface area contributed by atoms with Gasteiger partial charge in [-0.2, -0.15) is 0 Å². The monoisotopic (exact) mass is 247 g/mol. The smallest absolute Gasteiger partial charge is 0.118 e. The molecule has 1 saturated carbocycles. The van der Waals surface area contributed by atoms with Gasteiger partial charge in [-0.05, 0) is 49.4 Å². The van der Waals surface area contributed by atoms with Crippen molar-refractivity contribution < 1.29 is 4.74 Å². The van der Waals surface area contributed by atoms with Crippen LogP contribution in [0.4, 0.5) is 0 Å². The number of rotatable bonds is 5.